The first-order valence-electron chi connectivity index (χ1n) is 8.84. The maximum Gasteiger partial charge on any atom is 0.203 e. The highest BCUT2D eigenvalue weighted by atomic mass is 32.1. The molecule has 0 aliphatic heterocycles. The van der Waals surface area contributed by atoms with E-state index in [4.69, 9.17) is 0 Å². The van der Waals surface area contributed by atoms with Crippen molar-refractivity contribution < 1.29 is 9.59 Å². The summed E-state index contributed by atoms with van der Waals surface area (Å²) in [6.45, 7) is 12.7. The highest BCUT2D eigenvalue weighted by Gasteiger charge is 2.37. The van der Waals surface area contributed by atoms with Gasteiger partial charge in [0.05, 0.1) is 9.75 Å². The highest BCUT2D eigenvalue weighted by molar-refractivity contribution is 7.16. The van der Waals surface area contributed by atoms with E-state index in [2.05, 4.69) is 39.8 Å². The SMILES string of the molecule is CC(=O)c1ccc(C(=O)c2cc3c(cc2C)C(C)(C)CCC3(C)C)s1. The van der Waals surface area contributed by atoms with Crippen molar-refractivity contribution in [2.45, 2.75) is 65.2 Å². The van der Waals surface area contributed by atoms with E-state index >= 15 is 0 Å². The van der Waals surface area contributed by atoms with E-state index in [1.54, 1.807) is 12.1 Å². The summed E-state index contributed by atoms with van der Waals surface area (Å²) in [7, 11) is 0. The van der Waals surface area contributed by atoms with Gasteiger partial charge in [0.1, 0.15) is 0 Å². The van der Waals surface area contributed by atoms with Crippen LogP contribution in [-0.2, 0) is 10.8 Å². The Hall–Kier alpha value is -1.74. The molecule has 1 aliphatic carbocycles. The Bertz CT molecular complexity index is 868. The van der Waals surface area contributed by atoms with Crippen molar-refractivity contribution in [3.8, 4) is 0 Å². The molecule has 25 heavy (non-hydrogen) atoms. The smallest absolute Gasteiger partial charge is 0.203 e. The second kappa shape index (κ2) is 5.91. The van der Waals surface area contributed by atoms with Crippen LogP contribution >= 0.6 is 11.3 Å². The largest absolute Gasteiger partial charge is 0.294 e. The molecule has 0 bridgehead atoms. The predicted molar refractivity (Wildman–Crippen MR) is 104 cm³/mol. The van der Waals surface area contributed by atoms with Crippen LogP contribution in [0.25, 0.3) is 0 Å². The van der Waals surface area contributed by atoms with Gasteiger partial charge in [-0.2, -0.15) is 0 Å². The van der Waals surface area contributed by atoms with Crippen LogP contribution in [0.3, 0.4) is 0 Å². The van der Waals surface area contributed by atoms with E-state index < -0.39 is 0 Å². The first-order valence-corrected chi connectivity index (χ1v) is 9.66. The monoisotopic (exact) mass is 354 g/mol. The lowest BCUT2D eigenvalue weighted by molar-refractivity contribution is 0.101. The first-order chi connectivity index (χ1) is 11.5. The van der Waals surface area contributed by atoms with Crippen molar-refractivity contribution in [3.05, 3.63) is 56.3 Å². The van der Waals surface area contributed by atoms with Crippen LogP contribution in [0.4, 0.5) is 0 Å². The number of fused-ring (bicyclic) bond motifs is 1. The molecule has 0 unspecified atom stereocenters. The zero-order valence-corrected chi connectivity index (χ0v) is 16.8. The Morgan fingerprint density at radius 2 is 1.44 bits per heavy atom. The van der Waals surface area contributed by atoms with E-state index in [0.717, 1.165) is 24.0 Å². The molecule has 0 radical (unpaired) electrons. The van der Waals surface area contributed by atoms with Crippen molar-refractivity contribution in [3.63, 3.8) is 0 Å². The standard InChI is InChI=1S/C22H26O2S/c1-13-11-16-17(22(5,6)10-9-21(16,3)4)12-15(13)20(24)19-8-7-18(25-19)14(2)23/h7-8,11-12H,9-10H2,1-6H3. The molecule has 2 nitrogen and oxygen atoms in total. The molecule has 1 heterocycles. The molecule has 3 rings (SSSR count). The van der Waals surface area contributed by atoms with Gasteiger partial charge in [0.15, 0.2) is 5.78 Å². The van der Waals surface area contributed by atoms with Gasteiger partial charge in [0, 0.05) is 5.56 Å². The van der Waals surface area contributed by atoms with Gasteiger partial charge in [-0.05, 0) is 72.4 Å². The van der Waals surface area contributed by atoms with Crippen molar-refractivity contribution >= 4 is 22.9 Å². The Labute approximate surface area is 154 Å². The molecular weight excluding hydrogens is 328 g/mol. The molecule has 1 aliphatic rings. The molecule has 0 N–H and O–H groups in total. The van der Waals surface area contributed by atoms with Crippen molar-refractivity contribution in [1.29, 1.82) is 0 Å². The number of Topliss-reactive ketones (excluding diaryl/α,β-unsaturated/α-hetero) is 1. The molecule has 1 aromatic carbocycles. The average Bonchev–Trinajstić information content (AvgIpc) is 3.01. The predicted octanol–water partition coefficient (Wildman–Crippen LogP) is 5.84. The van der Waals surface area contributed by atoms with Crippen molar-refractivity contribution in [1.82, 2.24) is 0 Å². The van der Waals surface area contributed by atoms with E-state index in [1.165, 1.54) is 29.4 Å². The number of ketones is 2. The van der Waals surface area contributed by atoms with E-state index in [0.29, 0.717) is 9.75 Å². The maximum absolute atomic E-state index is 13.1. The van der Waals surface area contributed by atoms with E-state index in [1.807, 2.05) is 6.92 Å². The second-order valence-electron chi connectivity index (χ2n) is 8.53. The minimum Gasteiger partial charge on any atom is -0.294 e. The van der Waals surface area contributed by atoms with E-state index in [9.17, 15) is 9.59 Å². The molecule has 3 heteroatoms. The second-order valence-corrected chi connectivity index (χ2v) is 9.61. The van der Waals surface area contributed by atoms with Crippen molar-refractivity contribution in [2.24, 2.45) is 0 Å². The molecule has 0 saturated carbocycles. The number of carbonyl (C=O) groups excluding carboxylic acids is 2. The highest BCUT2D eigenvalue weighted by Crippen LogP contribution is 2.46. The summed E-state index contributed by atoms with van der Waals surface area (Å²) in [5.74, 6) is 0.0334. The Balaban J connectivity index is 2.11. The molecule has 0 atom stereocenters. The normalized spacial score (nSPS) is 17.8. The molecule has 2 aromatic rings. The number of aryl methyl sites for hydroxylation is 1. The molecule has 0 saturated heterocycles. The summed E-state index contributed by atoms with van der Waals surface area (Å²) < 4.78 is 0. The number of hydrogen-bond donors (Lipinski definition) is 0. The third-order valence-electron chi connectivity index (χ3n) is 5.62. The first kappa shape index (κ1) is 18.1. The lowest BCUT2D eigenvalue weighted by atomic mass is 9.62. The summed E-state index contributed by atoms with van der Waals surface area (Å²) >= 11 is 1.29. The molecule has 0 fully saturated rings. The number of carbonyl (C=O) groups is 2. The Morgan fingerprint density at radius 1 is 0.920 bits per heavy atom. The lowest BCUT2D eigenvalue weighted by Crippen LogP contribution is -2.34. The average molecular weight is 355 g/mol. The fourth-order valence-corrected chi connectivity index (χ4v) is 4.60. The van der Waals surface area contributed by atoms with Crippen LogP contribution in [0.1, 0.15) is 89.1 Å². The fourth-order valence-electron chi connectivity index (χ4n) is 3.75. The summed E-state index contributed by atoms with van der Waals surface area (Å²) in [6, 6.07) is 7.85. The van der Waals surface area contributed by atoms with Crippen LogP contribution < -0.4 is 0 Å². The molecular formula is C22H26O2S. The van der Waals surface area contributed by atoms with Gasteiger partial charge in [-0.15, -0.1) is 11.3 Å². The summed E-state index contributed by atoms with van der Waals surface area (Å²) in [5, 5.41) is 0. The maximum atomic E-state index is 13.1. The number of rotatable bonds is 3. The zero-order valence-electron chi connectivity index (χ0n) is 15.9. The van der Waals surface area contributed by atoms with Gasteiger partial charge in [-0.3, -0.25) is 9.59 Å². The third kappa shape index (κ3) is 3.10. The van der Waals surface area contributed by atoms with Gasteiger partial charge in [-0.1, -0.05) is 33.8 Å². The van der Waals surface area contributed by atoms with Gasteiger partial charge in [-0.25, -0.2) is 0 Å². The van der Waals surface area contributed by atoms with Gasteiger partial charge in [0.25, 0.3) is 0 Å². The van der Waals surface area contributed by atoms with Crippen LogP contribution in [0.2, 0.25) is 0 Å². The fraction of sp³-hybridized carbons (Fsp3) is 0.455. The van der Waals surface area contributed by atoms with Gasteiger partial charge in [0.2, 0.25) is 5.78 Å². The summed E-state index contributed by atoms with van der Waals surface area (Å²) in [4.78, 5) is 25.9. The molecule has 132 valence electrons. The van der Waals surface area contributed by atoms with Gasteiger partial charge < -0.3 is 0 Å². The van der Waals surface area contributed by atoms with Crippen molar-refractivity contribution in [2.75, 3.05) is 0 Å². The van der Waals surface area contributed by atoms with Crippen LogP contribution in [-0.4, -0.2) is 11.6 Å². The molecule has 0 amide bonds. The van der Waals surface area contributed by atoms with Crippen LogP contribution in [0.5, 0.6) is 0 Å². The summed E-state index contributed by atoms with van der Waals surface area (Å²) in [6.07, 6.45) is 2.28. The number of benzene rings is 1. The summed E-state index contributed by atoms with van der Waals surface area (Å²) in [5.41, 5.74) is 4.67. The van der Waals surface area contributed by atoms with Crippen LogP contribution in [0.15, 0.2) is 24.3 Å². The number of thiophene rings is 1. The molecule has 1 aromatic heterocycles. The zero-order chi connectivity index (χ0) is 18.6. The topological polar surface area (TPSA) is 34.1 Å². The van der Waals surface area contributed by atoms with E-state index in [-0.39, 0.29) is 22.4 Å². The lowest BCUT2D eigenvalue weighted by Gasteiger charge is -2.42. The Morgan fingerprint density at radius 3 is 1.96 bits per heavy atom. The third-order valence-corrected chi connectivity index (χ3v) is 6.80. The molecule has 0 spiro atoms. The minimum atomic E-state index is 0.00842. The Kier molecular flexibility index (Phi) is 4.27. The van der Waals surface area contributed by atoms with Crippen LogP contribution in [0, 0.1) is 6.92 Å². The number of hydrogen-bond acceptors (Lipinski definition) is 3. The minimum absolute atomic E-state index is 0.00842. The quantitative estimate of drug-likeness (QED) is 0.649. The van der Waals surface area contributed by atoms with Gasteiger partial charge >= 0.3 is 0 Å².